The Morgan fingerprint density at radius 2 is 1.71 bits per heavy atom. The molecule has 1 unspecified atom stereocenters. The lowest BCUT2D eigenvalue weighted by Gasteiger charge is -2.34. The highest BCUT2D eigenvalue weighted by Gasteiger charge is 2.14. The van der Waals surface area contributed by atoms with E-state index < -0.39 is 0 Å². The number of piperazine rings is 1. The normalized spacial score (nSPS) is 19.1. The molecule has 0 spiro atoms. The Kier molecular flexibility index (Phi) is 3.79. The maximum absolute atomic E-state index is 10.7. The molecule has 0 aromatic heterocycles. The van der Waals surface area contributed by atoms with Gasteiger partial charge >= 0.3 is 0 Å². The molecule has 1 aromatic rings. The van der Waals surface area contributed by atoms with Gasteiger partial charge in [0, 0.05) is 37.8 Å². The number of hydrogen-bond donors (Lipinski definition) is 0. The van der Waals surface area contributed by atoms with Crippen molar-refractivity contribution in [1.82, 2.24) is 4.90 Å². The molecule has 1 saturated heterocycles. The zero-order valence-electron chi connectivity index (χ0n) is 10.6. The predicted molar refractivity (Wildman–Crippen MR) is 70.6 cm³/mol. The van der Waals surface area contributed by atoms with Crippen LogP contribution in [-0.4, -0.2) is 44.4 Å². The molecule has 1 atom stereocenters. The number of carbonyl (C=O) groups is 1. The predicted octanol–water partition coefficient (Wildman–Crippen LogP) is 1.74. The number of anilines is 1. The van der Waals surface area contributed by atoms with Crippen molar-refractivity contribution in [2.75, 3.05) is 38.1 Å². The van der Waals surface area contributed by atoms with Gasteiger partial charge in [0.15, 0.2) is 0 Å². The SMILES string of the molecule is CC(C=O)c1ccc(N2CCN(C)CC2)cc1. The molecule has 1 aromatic carbocycles. The van der Waals surface area contributed by atoms with Gasteiger partial charge in [-0.25, -0.2) is 0 Å². The minimum atomic E-state index is -0.00320. The first-order chi connectivity index (χ1) is 8.20. The lowest BCUT2D eigenvalue weighted by Crippen LogP contribution is -2.44. The Labute approximate surface area is 103 Å². The molecule has 92 valence electrons. The molecule has 0 radical (unpaired) electrons. The van der Waals surface area contributed by atoms with E-state index in [0.29, 0.717) is 0 Å². The maximum Gasteiger partial charge on any atom is 0.127 e. The third kappa shape index (κ3) is 2.86. The molecule has 0 bridgehead atoms. The number of benzene rings is 1. The quantitative estimate of drug-likeness (QED) is 0.742. The average Bonchev–Trinajstić information content (AvgIpc) is 2.39. The van der Waals surface area contributed by atoms with E-state index in [1.165, 1.54) is 5.69 Å². The van der Waals surface area contributed by atoms with Gasteiger partial charge in [0.05, 0.1) is 0 Å². The van der Waals surface area contributed by atoms with E-state index in [1.807, 2.05) is 6.92 Å². The van der Waals surface area contributed by atoms with Crippen molar-refractivity contribution >= 4 is 12.0 Å². The van der Waals surface area contributed by atoms with E-state index in [4.69, 9.17) is 0 Å². The maximum atomic E-state index is 10.7. The van der Waals surface area contributed by atoms with Crippen LogP contribution < -0.4 is 4.90 Å². The van der Waals surface area contributed by atoms with Crippen LogP contribution >= 0.6 is 0 Å². The van der Waals surface area contributed by atoms with Crippen LogP contribution in [0, 0.1) is 0 Å². The van der Waals surface area contributed by atoms with Crippen LogP contribution in [0.25, 0.3) is 0 Å². The third-order valence-corrected chi connectivity index (χ3v) is 3.49. The van der Waals surface area contributed by atoms with E-state index in [1.54, 1.807) is 0 Å². The molecule has 1 aliphatic heterocycles. The molecule has 0 N–H and O–H groups in total. The summed E-state index contributed by atoms with van der Waals surface area (Å²) >= 11 is 0. The van der Waals surface area contributed by atoms with Crippen LogP contribution in [0.5, 0.6) is 0 Å². The number of likely N-dealkylation sites (N-methyl/N-ethyl adjacent to an activating group) is 1. The van der Waals surface area contributed by atoms with Crippen molar-refractivity contribution in [3.8, 4) is 0 Å². The van der Waals surface area contributed by atoms with E-state index in [2.05, 4.69) is 41.1 Å². The van der Waals surface area contributed by atoms with Crippen molar-refractivity contribution < 1.29 is 4.79 Å². The summed E-state index contributed by atoms with van der Waals surface area (Å²) in [6.45, 7) is 6.33. The molecular formula is C14H20N2O. The summed E-state index contributed by atoms with van der Waals surface area (Å²) in [5, 5.41) is 0. The minimum Gasteiger partial charge on any atom is -0.369 e. The lowest BCUT2D eigenvalue weighted by molar-refractivity contribution is -0.108. The van der Waals surface area contributed by atoms with E-state index in [9.17, 15) is 4.79 Å². The molecule has 0 aliphatic carbocycles. The summed E-state index contributed by atoms with van der Waals surface area (Å²) in [6, 6.07) is 8.38. The van der Waals surface area contributed by atoms with Crippen molar-refractivity contribution in [1.29, 1.82) is 0 Å². The second kappa shape index (κ2) is 5.32. The zero-order chi connectivity index (χ0) is 12.3. The van der Waals surface area contributed by atoms with E-state index >= 15 is 0 Å². The van der Waals surface area contributed by atoms with Gasteiger partial charge in [-0.05, 0) is 24.7 Å². The summed E-state index contributed by atoms with van der Waals surface area (Å²) in [6.07, 6.45) is 0.991. The second-order valence-corrected chi connectivity index (χ2v) is 4.81. The van der Waals surface area contributed by atoms with Crippen molar-refractivity contribution in [3.05, 3.63) is 29.8 Å². The smallest absolute Gasteiger partial charge is 0.127 e. The van der Waals surface area contributed by atoms with E-state index in [0.717, 1.165) is 38.0 Å². The fourth-order valence-corrected chi connectivity index (χ4v) is 2.13. The highest BCUT2D eigenvalue weighted by molar-refractivity contribution is 5.62. The monoisotopic (exact) mass is 232 g/mol. The van der Waals surface area contributed by atoms with Gasteiger partial charge in [-0.3, -0.25) is 0 Å². The minimum absolute atomic E-state index is 0.00320. The Balaban J connectivity index is 2.05. The molecule has 3 heteroatoms. The molecule has 3 nitrogen and oxygen atoms in total. The first kappa shape index (κ1) is 12.1. The molecule has 1 aliphatic rings. The number of rotatable bonds is 3. The molecule has 1 fully saturated rings. The van der Waals surface area contributed by atoms with Crippen molar-refractivity contribution in [2.45, 2.75) is 12.8 Å². The van der Waals surface area contributed by atoms with Gasteiger partial charge in [-0.2, -0.15) is 0 Å². The highest BCUT2D eigenvalue weighted by atomic mass is 16.1. The largest absolute Gasteiger partial charge is 0.369 e. The number of hydrogen-bond acceptors (Lipinski definition) is 3. The fraction of sp³-hybridized carbons (Fsp3) is 0.500. The van der Waals surface area contributed by atoms with Gasteiger partial charge in [-0.15, -0.1) is 0 Å². The van der Waals surface area contributed by atoms with Crippen molar-refractivity contribution in [2.24, 2.45) is 0 Å². The van der Waals surface area contributed by atoms with Crippen LogP contribution in [0.15, 0.2) is 24.3 Å². The number of carbonyl (C=O) groups excluding carboxylic acids is 1. The molecule has 17 heavy (non-hydrogen) atoms. The van der Waals surface area contributed by atoms with Gasteiger partial charge in [-0.1, -0.05) is 19.1 Å². The number of nitrogens with zero attached hydrogens (tertiary/aromatic N) is 2. The van der Waals surface area contributed by atoms with E-state index in [-0.39, 0.29) is 5.92 Å². The Bertz CT molecular complexity index is 366. The van der Waals surface area contributed by atoms with Crippen LogP contribution in [-0.2, 0) is 4.79 Å². The van der Waals surface area contributed by atoms with Crippen LogP contribution in [0.2, 0.25) is 0 Å². The highest BCUT2D eigenvalue weighted by Crippen LogP contribution is 2.20. The zero-order valence-corrected chi connectivity index (χ0v) is 10.6. The van der Waals surface area contributed by atoms with Gasteiger partial charge in [0.25, 0.3) is 0 Å². The Morgan fingerprint density at radius 1 is 1.12 bits per heavy atom. The molecule has 0 amide bonds. The average molecular weight is 232 g/mol. The lowest BCUT2D eigenvalue weighted by atomic mass is 10.0. The van der Waals surface area contributed by atoms with Gasteiger partial charge in [0.1, 0.15) is 6.29 Å². The summed E-state index contributed by atoms with van der Waals surface area (Å²) in [4.78, 5) is 15.5. The first-order valence-corrected chi connectivity index (χ1v) is 6.19. The summed E-state index contributed by atoms with van der Waals surface area (Å²) in [5.74, 6) is -0.00320. The fourth-order valence-electron chi connectivity index (χ4n) is 2.13. The second-order valence-electron chi connectivity index (χ2n) is 4.81. The molecule has 0 saturated carbocycles. The van der Waals surface area contributed by atoms with Gasteiger partial charge < -0.3 is 14.6 Å². The molecule has 2 rings (SSSR count). The molecular weight excluding hydrogens is 212 g/mol. The number of aldehydes is 1. The van der Waals surface area contributed by atoms with Crippen LogP contribution in [0.3, 0.4) is 0 Å². The Morgan fingerprint density at radius 3 is 2.24 bits per heavy atom. The summed E-state index contributed by atoms with van der Waals surface area (Å²) in [5.41, 5.74) is 2.36. The van der Waals surface area contributed by atoms with Gasteiger partial charge in [0.2, 0.25) is 0 Å². The third-order valence-electron chi connectivity index (χ3n) is 3.49. The van der Waals surface area contributed by atoms with Crippen LogP contribution in [0.4, 0.5) is 5.69 Å². The topological polar surface area (TPSA) is 23.6 Å². The first-order valence-electron chi connectivity index (χ1n) is 6.19. The van der Waals surface area contributed by atoms with Crippen LogP contribution in [0.1, 0.15) is 18.4 Å². The van der Waals surface area contributed by atoms with Crippen molar-refractivity contribution in [3.63, 3.8) is 0 Å². The summed E-state index contributed by atoms with van der Waals surface area (Å²) < 4.78 is 0. The Hall–Kier alpha value is -1.35. The summed E-state index contributed by atoms with van der Waals surface area (Å²) in [7, 11) is 2.16. The standard InChI is InChI=1S/C14H20N2O/c1-12(11-17)13-3-5-14(6-4-13)16-9-7-15(2)8-10-16/h3-6,11-12H,7-10H2,1-2H3. The molecule has 1 heterocycles.